The number of furan rings is 1. The van der Waals surface area contributed by atoms with E-state index in [1.54, 1.807) is 17.9 Å². The topological polar surface area (TPSA) is 112 Å². The number of hydrogen-bond acceptors (Lipinski definition) is 6. The van der Waals surface area contributed by atoms with Gasteiger partial charge in [0.25, 0.3) is 5.91 Å². The van der Waals surface area contributed by atoms with E-state index in [2.05, 4.69) is 10.6 Å². The predicted molar refractivity (Wildman–Crippen MR) is 143 cm³/mol. The van der Waals surface area contributed by atoms with Crippen molar-refractivity contribution in [2.75, 3.05) is 29.4 Å². The number of carbonyl (C=O) groups excluding carboxylic acids is 4. The van der Waals surface area contributed by atoms with Crippen molar-refractivity contribution in [1.29, 1.82) is 0 Å². The molecule has 0 spiro atoms. The predicted octanol–water partition coefficient (Wildman–Crippen LogP) is 3.42. The summed E-state index contributed by atoms with van der Waals surface area (Å²) in [4.78, 5) is 56.0. The van der Waals surface area contributed by atoms with Gasteiger partial charge in [-0.2, -0.15) is 0 Å². The molecule has 2 aromatic rings. The van der Waals surface area contributed by atoms with Gasteiger partial charge in [-0.05, 0) is 63.3 Å². The van der Waals surface area contributed by atoms with Crippen LogP contribution in [0.5, 0.6) is 0 Å². The second kappa shape index (κ2) is 10.6. The number of benzene rings is 1. The number of piperidine rings is 1. The number of aryl methyl sites for hydroxylation is 2. The molecule has 3 fully saturated rings. The van der Waals surface area contributed by atoms with Crippen LogP contribution < -0.4 is 20.4 Å². The molecule has 3 amide bonds. The molecule has 1 atom stereocenters. The van der Waals surface area contributed by atoms with Crippen molar-refractivity contribution in [2.24, 2.45) is 0 Å². The molecule has 0 bridgehead atoms. The number of para-hydroxylation sites is 2. The zero-order valence-corrected chi connectivity index (χ0v) is 22.2. The van der Waals surface area contributed by atoms with Gasteiger partial charge in [0.1, 0.15) is 11.3 Å². The van der Waals surface area contributed by atoms with Crippen molar-refractivity contribution in [3.63, 3.8) is 0 Å². The van der Waals surface area contributed by atoms with E-state index in [0.29, 0.717) is 44.5 Å². The Morgan fingerprint density at radius 2 is 1.74 bits per heavy atom. The summed E-state index contributed by atoms with van der Waals surface area (Å²) in [5, 5.41) is 5.94. The molecular formula is C29H36N4O5. The van der Waals surface area contributed by atoms with Crippen LogP contribution in [0, 0.1) is 13.8 Å². The fourth-order valence-corrected chi connectivity index (χ4v) is 5.87. The zero-order chi connectivity index (χ0) is 26.9. The van der Waals surface area contributed by atoms with E-state index in [-0.39, 0.29) is 29.9 Å². The lowest BCUT2D eigenvalue weighted by Crippen LogP contribution is -2.63. The maximum Gasteiger partial charge on any atom is 0.287 e. The highest BCUT2D eigenvalue weighted by Crippen LogP contribution is 2.34. The summed E-state index contributed by atoms with van der Waals surface area (Å²) in [6.45, 7) is 5.07. The van der Waals surface area contributed by atoms with Crippen LogP contribution in [0.1, 0.15) is 73.2 Å². The van der Waals surface area contributed by atoms with Crippen molar-refractivity contribution >= 4 is 34.9 Å². The Kier molecular flexibility index (Phi) is 7.27. The molecule has 3 heterocycles. The number of hydrogen-bond donors (Lipinski definition) is 2. The van der Waals surface area contributed by atoms with E-state index < -0.39 is 17.5 Å². The van der Waals surface area contributed by atoms with E-state index in [1.807, 2.05) is 36.1 Å². The highest BCUT2D eigenvalue weighted by Gasteiger charge is 2.43. The minimum atomic E-state index is -1.07. The van der Waals surface area contributed by atoms with E-state index >= 15 is 0 Å². The number of nitrogens with one attached hydrogen (secondary N) is 2. The number of nitrogens with zero attached hydrogens (tertiary/aromatic N) is 2. The summed E-state index contributed by atoms with van der Waals surface area (Å²) in [5.41, 5.74) is 1.51. The van der Waals surface area contributed by atoms with Gasteiger partial charge in [0.15, 0.2) is 11.5 Å². The molecule has 5 rings (SSSR count). The van der Waals surface area contributed by atoms with E-state index in [4.69, 9.17) is 4.42 Å². The minimum Gasteiger partial charge on any atom is -0.456 e. The Morgan fingerprint density at radius 1 is 1.00 bits per heavy atom. The molecular weight excluding hydrogens is 484 g/mol. The molecule has 3 aliphatic rings. The van der Waals surface area contributed by atoms with Crippen molar-refractivity contribution in [1.82, 2.24) is 10.6 Å². The molecule has 2 aliphatic heterocycles. The molecule has 2 saturated heterocycles. The molecule has 38 heavy (non-hydrogen) atoms. The van der Waals surface area contributed by atoms with Gasteiger partial charge in [-0.1, -0.05) is 31.4 Å². The van der Waals surface area contributed by atoms with Crippen molar-refractivity contribution in [3.8, 4) is 0 Å². The lowest BCUT2D eigenvalue weighted by Gasteiger charge is -2.39. The molecule has 1 aromatic heterocycles. The largest absolute Gasteiger partial charge is 0.456 e. The maximum atomic E-state index is 13.6. The van der Waals surface area contributed by atoms with Crippen LogP contribution in [0.2, 0.25) is 0 Å². The number of amides is 3. The third-order valence-corrected chi connectivity index (χ3v) is 8.20. The SMILES string of the molecule is Cc1cc(C(=O)NC2(C(=O)NC3CCN(c4ccccc4N4CCCC4=O)CC3=O)CCCCC2)oc1C. The van der Waals surface area contributed by atoms with Crippen LogP contribution in [0.25, 0.3) is 0 Å². The maximum absolute atomic E-state index is 13.6. The highest BCUT2D eigenvalue weighted by molar-refractivity contribution is 6.01. The van der Waals surface area contributed by atoms with Gasteiger partial charge in [-0.25, -0.2) is 0 Å². The average Bonchev–Trinajstić information content (AvgIpc) is 3.50. The molecule has 202 valence electrons. The van der Waals surface area contributed by atoms with Gasteiger partial charge in [-0.15, -0.1) is 0 Å². The van der Waals surface area contributed by atoms with Crippen molar-refractivity contribution in [3.05, 3.63) is 47.4 Å². The molecule has 1 aromatic carbocycles. The van der Waals surface area contributed by atoms with Gasteiger partial charge in [0.05, 0.1) is 24.0 Å². The van der Waals surface area contributed by atoms with Gasteiger partial charge in [-0.3, -0.25) is 19.2 Å². The monoisotopic (exact) mass is 520 g/mol. The van der Waals surface area contributed by atoms with Crippen LogP contribution >= 0.6 is 0 Å². The van der Waals surface area contributed by atoms with Gasteiger partial charge in [0, 0.05) is 19.5 Å². The van der Waals surface area contributed by atoms with E-state index in [9.17, 15) is 19.2 Å². The number of carbonyl (C=O) groups is 4. The number of anilines is 2. The molecule has 2 N–H and O–H groups in total. The first-order valence-corrected chi connectivity index (χ1v) is 13.6. The smallest absolute Gasteiger partial charge is 0.287 e. The summed E-state index contributed by atoms with van der Waals surface area (Å²) >= 11 is 0. The molecule has 9 nitrogen and oxygen atoms in total. The quantitative estimate of drug-likeness (QED) is 0.604. The summed E-state index contributed by atoms with van der Waals surface area (Å²) < 4.78 is 5.59. The number of Topliss-reactive ketones (excluding diaryl/α,β-unsaturated/α-hetero) is 1. The first kappa shape index (κ1) is 26.0. The van der Waals surface area contributed by atoms with Gasteiger partial charge < -0.3 is 24.9 Å². The first-order valence-electron chi connectivity index (χ1n) is 13.6. The summed E-state index contributed by atoms with van der Waals surface area (Å²) in [6.07, 6.45) is 5.51. The third-order valence-electron chi connectivity index (χ3n) is 8.20. The second-order valence-corrected chi connectivity index (χ2v) is 10.8. The second-order valence-electron chi connectivity index (χ2n) is 10.8. The van der Waals surface area contributed by atoms with Gasteiger partial charge in [0.2, 0.25) is 11.8 Å². The Morgan fingerprint density at radius 3 is 2.37 bits per heavy atom. The standard InChI is InChI=1S/C29H36N4O5/c1-19-17-25(38-20(19)2)27(36)31-29(13-6-3-7-14-29)28(37)30-21-12-16-32(18-24(21)34)22-9-4-5-10-23(22)33-15-8-11-26(33)35/h4-5,9-10,17,21H,3,6-8,11-16,18H2,1-2H3,(H,30,37)(H,31,36). The van der Waals surface area contributed by atoms with Crippen LogP contribution in [0.4, 0.5) is 11.4 Å². The minimum absolute atomic E-state index is 0.0817. The zero-order valence-electron chi connectivity index (χ0n) is 22.2. The molecule has 1 unspecified atom stereocenters. The molecule has 1 aliphatic carbocycles. The Labute approximate surface area is 222 Å². The Bertz CT molecular complexity index is 1230. The first-order chi connectivity index (χ1) is 18.3. The van der Waals surface area contributed by atoms with Gasteiger partial charge >= 0.3 is 0 Å². The van der Waals surface area contributed by atoms with E-state index in [0.717, 1.165) is 42.6 Å². The lowest BCUT2D eigenvalue weighted by molar-refractivity contribution is -0.133. The average molecular weight is 521 g/mol. The van der Waals surface area contributed by atoms with Crippen LogP contribution in [-0.2, 0) is 14.4 Å². The van der Waals surface area contributed by atoms with Crippen LogP contribution in [-0.4, -0.2) is 54.7 Å². The fraction of sp³-hybridized carbons (Fsp3) is 0.517. The summed E-state index contributed by atoms with van der Waals surface area (Å²) in [7, 11) is 0. The number of rotatable bonds is 6. The van der Waals surface area contributed by atoms with E-state index in [1.165, 1.54) is 0 Å². The summed E-state index contributed by atoms with van der Waals surface area (Å²) in [5.74, 6) is 0.169. The Hall–Kier alpha value is -3.62. The van der Waals surface area contributed by atoms with Crippen molar-refractivity contribution < 1.29 is 23.6 Å². The fourth-order valence-electron chi connectivity index (χ4n) is 5.87. The molecule has 0 radical (unpaired) electrons. The Balaban J connectivity index is 1.27. The normalized spacial score (nSPS) is 21.5. The van der Waals surface area contributed by atoms with Crippen LogP contribution in [0.3, 0.4) is 0 Å². The molecule has 1 saturated carbocycles. The molecule has 9 heteroatoms. The highest BCUT2D eigenvalue weighted by atomic mass is 16.3. The number of ketones is 1. The third kappa shape index (κ3) is 5.06. The lowest BCUT2D eigenvalue weighted by atomic mass is 9.80. The summed E-state index contributed by atoms with van der Waals surface area (Å²) in [6, 6.07) is 8.75. The van der Waals surface area contributed by atoms with Crippen LogP contribution in [0.15, 0.2) is 34.7 Å². The van der Waals surface area contributed by atoms with Crippen molar-refractivity contribution in [2.45, 2.75) is 76.8 Å².